The van der Waals surface area contributed by atoms with Crippen LogP contribution in [0.5, 0.6) is 11.5 Å². The molecule has 0 aliphatic rings. The van der Waals surface area contributed by atoms with Crippen LogP contribution in [-0.4, -0.2) is 4.92 Å². The standard InChI is InChI=1S/C13H7BrCl3NO3/c14-6-8-9(15)2-1-3-12(8)21-13-10(16)4-7(18(19)20)5-11(13)17/h1-5H,6H2. The fourth-order valence-electron chi connectivity index (χ4n) is 1.62. The molecule has 2 aromatic carbocycles. The van der Waals surface area contributed by atoms with Gasteiger partial charge in [0.2, 0.25) is 0 Å². The Labute approximate surface area is 143 Å². The number of rotatable bonds is 4. The van der Waals surface area contributed by atoms with Crippen molar-refractivity contribution in [2.24, 2.45) is 0 Å². The van der Waals surface area contributed by atoms with Crippen molar-refractivity contribution in [2.45, 2.75) is 5.33 Å². The molecule has 110 valence electrons. The van der Waals surface area contributed by atoms with Gasteiger partial charge in [0.25, 0.3) is 5.69 Å². The van der Waals surface area contributed by atoms with Crippen molar-refractivity contribution in [1.82, 2.24) is 0 Å². The molecule has 0 atom stereocenters. The minimum atomic E-state index is -0.579. The molecule has 0 radical (unpaired) electrons. The molecule has 0 fully saturated rings. The summed E-state index contributed by atoms with van der Waals surface area (Å²) < 4.78 is 5.68. The number of nitro groups is 1. The van der Waals surface area contributed by atoms with E-state index in [1.807, 2.05) is 0 Å². The van der Waals surface area contributed by atoms with Crippen molar-refractivity contribution in [2.75, 3.05) is 0 Å². The largest absolute Gasteiger partial charge is 0.454 e. The Morgan fingerprint density at radius 2 is 1.76 bits per heavy atom. The number of alkyl halides is 1. The van der Waals surface area contributed by atoms with Crippen molar-refractivity contribution in [3.05, 3.63) is 61.1 Å². The summed E-state index contributed by atoms with van der Waals surface area (Å²) >= 11 is 21.4. The molecular weight excluding hydrogens is 404 g/mol. The van der Waals surface area contributed by atoms with Gasteiger partial charge in [-0.15, -0.1) is 0 Å². The van der Waals surface area contributed by atoms with Gasteiger partial charge in [-0.2, -0.15) is 0 Å². The van der Waals surface area contributed by atoms with Gasteiger partial charge in [0.05, 0.1) is 15.0 Å². The maximum Gasteiger partial charge on any atom is 0.272 e. The number of non-ortho nitro benzene ring substituents is 1. The van der Waals surface area contributed by atoms with Gasteiger partial charge in [0, 0.05) is 28.0 Å². The van der Waals surface area contributed by atoms with Crippen molar-refractivity contribution in [1.29, 1.82) is 0 Å². The molecule has 0 aliphatic heterocycles. The van der Waals surface area contributed by atoms with Crippen LogP contribution < -0.4 is 4.74 Å². The molecule has 0 spiro atoms. The van der Waals surface area contributed by atoms with E-state index >= 15 is 0 Å². The van der Waals surface area contributed by atoms with Crippen molar-refractivity contribution in [3.63, 3.8) is 0 Å². The molecule has 2 aromatic rings. The third kappa shape index (κ3) is 3.61. The minimum Gasteiger partial charge on any atom is -0.454 e. The second-order valence-electron chi connectivity index (χ2n) is 3.95. The third-order valence-corrected chi connectivity index (χ3v) is 4.09. The molecule has 0 saturated carbocycles. The molecule has 0 amide bonds. The van der Waals surface area contributed by atoms with Crippen LogP contribution in [0.4, 0.5) is 5.69 Å². The van der Waals surface area contributed by atoms with E-state index in [1.54, 1.807) is 18.2 Å². The predicted octanol–water partition coefficient (Wildman–Crippen LogP) is 6.24. The Morgan fingerprint density at radius 3 is 2.29 bits per heavy atom. The van der Waals surface area contributed by atoms with E-state index in [4.69, 9.17) is 39.5 Å². The smallest absolute Gasteiger partial charge is 0.272 e. The lowest BCUT2D eigenvalue weighted by Gasteiger charge is -2.13. The summed E-state index contributed by atoms with van der Waals surface area (Å²) in [6, 6.07) is 7.51. The normalized spacial score (nSPS) is 10.5. The first kappa shape index (κ1) is 16.4. The Morgan fingerprint density at radius 1 is 1.14 bits per heavy atom. The fourth-order valence-corrected chi connectivity index (χ4v) is 3.15. The van der Waals surface area contributed by atoms with Crippen LogP contribution in [0.2, 0.25) is 15.1 Å². The van der Waals surface area contributed by atoms with Gasteiger partial charge < -0.3 is 4.74 Å². The number of hydrogen-bond donors (Lipinski definition) is 0. The Bertz CT molecular complexity index is 686. The van der Waals surface area contributed by atoms with Crippen LogP contribution in [0.1, 0.15) is 5.56 Å². The van der Waals surface area contributed by atoms with Crippen LogP contribution in [0, 0.1) is 10.1 Å². The van der Waals surface area contributed by atoms with E-state index in [2.05, 4.69) is 15.9 Å². The van der Waals surface area contributed by atoms with Crippen molar-refractivity contribution in [3.8, 4) is 11.5 Å². The molecular formula is C13H7BrCl3NO3. The number of ether oxygens (including phenoxy) is 1. The third-order valence-electron chi connectivity index (χ3n) is 2.62. The molecule has 0 saturated heterocycles. The molecule has 0 aliphatic carbocycles. The summed E-state index contributed by atoms with van der Waals surface area (Å²) in [6.45, 7) is 0. The summed E-state index contributed by atoms with van der Waals surface area (Å²) in [6.07, 6.45) is 0. The van der Waals surface area contributed by atoms with E-state index < -0.39 is 4.92 Å². The second-order valence-corrected chi connectivity index (χ2v) is 5.73. The van der Waals surface area contributed by atoms with E-state index in [9.17, 15) is 10.1 Å². The molecule has 4 nitrogen and oxygen atoms in total. The predicted molar refractivity (Wildman–Crippen MR) is 87.3 cm³/mol. The van der Waals surface area contributed by atoms with Crippen molar-refractivity contribution < 1.29 is 9.66 Å². The highest BCUT2D eigenvalue weighted by Crippen LogP contribution is 2.41. The number of nitro benzene ring substituents is 1. The topological polar surface area (TPSA) is 52.4 Å². The highest BCUT2D eigenvalue weighted by Gasteiger charge is 2.18. The second kappa shape index (κ2) is 6.83. The highest BCUT2D eigenvalue weighted by molar-refractivity contribution is 9.08. The quantitative estimate of drug-likeness (QED) is 0.340. The summed E-state index contributed by atoms with van der Waals surface area (Å²) in [5, 5.41) is 11.8. The van der Waals surface area contributed by atoms with Crippen LogP contribution in [0.15, 0.2) is 30.3 Å². The minimum absolute atomic E-state index is 0.0506. The van der Waals surface area contributed by atoms with E-state index in [0.29, 0.717) is 16.1 Å². The molecule has 2 rings (SSSR count). The van der Waals surface area contributed by atoms with Gasteiger partial charge in [-0.1, -0.05) is 56.8 Å². The fraction of sp³-hybridized carbons (Fsp3) is 0.0769. The van der Waals surface area contributed by atoms with Gasteiger partial charge in [-0.25, -0.2) is 0 Å². The van der Waals surface area contributed by atoms with E-state index in [-0.39, 0.29) is 21.5 Å². The first-order valence-corrected chi connectivity index (χ1v) is 7.84. The Kier molecular flexibility index (Phi) is 5.32. The molecule has 0 unspecified atom stereocenters. The Hall–Kier alpha value is -1.01. The van der Waals surface area contributed by atoms with Crippen LogP contribution in [0.25, 0.3) is 0 Å². The first-order valence-electron chi connectivity index (χ1n) is 5.58. The number of nitrogens with zero attached hydrogens (tertiary/aromatic N) is 1. The molecule has 0 heterocycles. The van der Waals surface area contributed by atoms with Gasteiger partial charge >= 0.3 is 0 Å². The molecule has 0 aromatic heterocycles. The Balaban J connectivity index is 2.45. The number of hydrogen-bond acceptors (Lipinski definition) is 3. The first-order chi connectivity index (χ1) is 9.93. The molecule has 0 N–H and O–H groups in total. The lowest BCUT2D eigenvalue weighted by atomic mass is 10.2. The zero-order valence-electron chi connectivity index (χ0n) is 10.3. The van der Waals surface area contributed by atoms with Gasteiger partial charge in [0.15, 0.2) is 5.75 Å². The number of halogens is 4. The van der Waals surface area contributed by atoms with Crippen LogP contribution >= 0.6 is 50.7 Å². The van der Waals surface area contributed by atoms with E-state index in [1.165, 1.54) is 12.1 Å². The lowest BCUT2D eigenvalue weighted by Crippen LogP contribution is -1.94. The number of benzene rings is 2. The monoisotopic (exact) mass is 409 g/mol. The van der Waals surface area contributed by atoms with Gasteiger partial charge in [-0.05, 0) is 12.1 Å². The summed E-state index contributed by atoms with van der Waals surface area (Å²) in [5.41, 5.74) is 0.522. The SMILES string of the molecule is O=[N+]([O-])c1cc(Cl)c(Oc2cccc(Cl)c2CBr)c(Cl)c1. The average Bonchev–Trinajstić information content (AvgIpc) is 2.42. The summed E-state index contributed by atoms with van der Waals surface area (Å²) in [5.74, 6) is 0.616. The molecule has 21 heavy (non-hydrogen) atoms. The van der Waals surface area contributed by atoms with Crippen molar-refractivity contribution >= 4 is 56.4 Å². The van der Waals surface area contributed by atoms with Gasteiger partial charge in [-0.3, -0.25) is 10.1 Å². The average molecular weight is 411 g/mol. The lowest BCUT2D eigenvalue weighted by molar-refractivity contribution is -0.384. The summed E-state index contributed by atoms with van der Waals surface area (Å²) in [7, 11) is 0. The zero-order chi connectivity index (χ0) is 15.6. The maximum absolute atomic E-state index is 10.7. The zero-order valence-corrected chi connectivity index (χ0v) is 14.1. The van der Waals surface area contributed by atoms with Gasteiger partial charge in [0.1, 0.15) is 5.75 Å². The van der Waals surface area contributed by atoms with E-state index in [0.717, 1.165) is 5.56 Å². The molecule has 8 heteroatoms. The summed E-state index contributed by atoms with van der Waals surface area (Å²) in [4.78, 5) is 10.2. The van der Waals surface area contributed by atoms with Crippen LogP contribution in [-0.2, 0) is 5.33 Å². The van der Waals surface area contributed by atoms with Crippen LogP contribution in [0.3, 0.4) is 0 Å². The maximum atomic E-state index is 10.7. The molecule has 0 bridgehead atoms. The highest BCUT2D eigenvalue weighted by atomic mass is 79.9.